The molecule has 0 aliphatic heterocycles. The lowest BCUT2D eigenvalue weighted by Gasteiger charge is -2.11. The Morgan fingerprint density at radius 3 is 2.55 bits per heavy atom. The number of nitrogens with zero attached hydrogens (tertiary/aromatic N) is 2. The van der Waals surface area contributed by atoms with Crippen LogP contribution in [0.25, 0.3) is 16.9 Å². The number of imidazole rings is 1. The fraction of sp³-hybridized carbons (Fsp3) is 0.391. The van der Waals surface area contributed by atoms with Gasteiger partial charge in [0.2, 0.25) is 0 Å². The number of anilines is 1. The first-order valence-electron chi connectivity index (χ1n) is 10.3. The summed E-state index contributed by atoms with van der Waals surface area (Å²) < 4.78 is 1.99. The van der Waals surface area contributed by atoms with Crippen LogP contribution in [-0.4, -0.2) is 27.9 Å². The number of carbonyl (C=O) groups excluding carboxylic acids is 1. The normalized spacial score (nSPS) is 13.2. The maximum Gasteiger partial charge on any atom is 0.251 e. The number of nitrogens with one attached hydrogen (secondary N) is 2. The molecule has 0 unspecified atom stereocenters. The molecular formula is C23H29ClN4O. The van der Waals surface area contributed by atoms with Crippen molar-refractivity contribution in [2.75, 3.05) is 11.9 Å². The summed E-state index contributed by atoms with van der Waals surface area (Å²) >= 11 is 6.34. The second kappa shape index (κ2) is 9.31. The highest BCUT2D eigenvalue weighted by molar-refractivity contribution is 6.30. The lowest BCUT2D eigenvalue weighted by Crippen LogP contribution is -2.25. The molecule has 1 amide bonds. The van der Waals surface area contributed by atoms with E-state index in [0.29, 0.717) is 22.5 Å². The van der Waals surface area contributed by atoms with Gasteiger partial charge in [-0.2, -0.15) is 0 Å². The largest absolute Gasteiger partial charge is 0.382 e. The van der Waals surface area contributed by atoms with E-state index in [9.17, 15) is 4.79 Å². The lowest BCUT2D eigenvalue weighted by atomic mass is 10.1. The molecule has 2 heterocycles. The number of pyridine rings is 1. The highest BCUT2D eigenvalue weighted by atomic mass is 35.5. The summed E-state index contributed by atoms with van der Waals surface area (Å²) in [5.74, 6) is 0.512. The number of halogens is 1. The summed E-state index contributed by atoms with van der Waals surface area (Å²) in [6.45, 7) is 9.17. The standard InChI is InChI=1S/C21H23ClN4O.C2H6/c1-13(2)10-23-18-9-16(22)12-26-19(11-24-20(18)26)14-3-5-15(6-4-14)21(27)25-17-7-8-17;1-2/h3-6,9,11-13,17,23H,7-8,10H2,1-2H3,(H,25,27);1-2H3. The molecule has 5 nitrogen and oxygen atoms in total. The first-order valence-corrected chi connectivity index (χ1v) is 10.7. The molecule has 0 spiro atoms. The van der Waals surface area contributed by atoms with Crippen LogP contribution >= 0.6 is 11.6 Å². The summed E-state index contributed by atoms with van der Waals surface area (Å²) in [5, 5.41) is 7.08. The Labute approximate surface area is 177 Å². The number of rotatable bonds is 6. The Kier molecular flexibility index (Phi) is 6.80. The molecule has 4 rings (SSSR count). The van der Waals surface area contributed by atoms with Crippen molar-refractivity contribution in [3.63, 3.8) is 0 Å². The molecule has 2 N–H and O–H groups in total. The topological polar surface area (TPSA) is 58.4 Å². The predicted octanol–water partition coefficient (Wildman–Crippen LogP) is 5.64. The fourth-order valence-corrected chi connectivity index (χ4v) is 3.21. The molecule has 0 bridgehead atoms. The van der Waals surface area contributed by atoms with Crippen LogP contribution in [0.3, 0.4) is 0 Å². The minimum atomic E-state index is -0.00888. The zero-order valence-corrected chi connectivity index (χ0v) is 18.3. The molecule has 1 aromatic carbocycles. The van der Waals surface area contributed by atoms with Crippen molar-refractivity contribution in [3.8, 4) is 11.3 Å². The van der Waals surface area contributed by atoms with Crippen molar-refractivity contribution in [1.82, 2.24) is 14.7 Å². The highest BCUT2D eigenvalue weighted by Gasteiger charge is 2.23. The number of fused-ring (bicyclic) bond motifs is 1. The van der Waals surface area contributed by atoms with E-state index in [0.717, 1.165) is 42.0 Å². The molecule has 0 atom stereocenters. The second-order valence-electron chi connectivity index (χ2n) is 7.51. The van der Waals surface area contributed by atoms with Gasteiger partial charge in [0.1, 0.15) is 0 Å². The van der Waals surface area contributed by atoms with Gasteiger partial charge in [0.15, 0.2) is 5.65 Å². The first kappa shape index (κ1) is 21.2. The van der Waals surface area contributed by atoms with E-state index in [2.05, 4.69) is 29.5 Å². The summed E-state index contributed by atoms with van der Waals surface area (Å²) in [5.41, 5.74) is 4.36. The summed E-state index contributed by atoms with van der Waals surface area (Å²) in [6, 6.07) is 9.88. The molecule has 1 aliphatic rings. The quantitative estimate of drug-likeness (QED) is 0.550. The molecule has 0 radical (unpaired) electrons. The van der Waals surface area contributed by atoms with E-state index in [1.807, 2.05) is 61.0 Å². The molecule has 6 heteroatoms. The maximum atomic E-state index is 12.2. The van der Waals surface area contributed by atoms with Gasteiger partial charge in [0.25, 0.3) is 5.91 Å². The average Bonchev–Trinajstić information content (AvgIpc) is 3.43. The van der Waals surface area contributed by atoms with Crippen LogP contribution < -0.4 is 10.6 Å². The highest BCUT2D eigenvalue weighted by Crippen LogP contribution is 2.28. The number of hydrogen-bond donors (Lipinski definition) is 2. The molecule has 1 saturated carbocycles. The van der Waals surface area contributed by atoms with Gasteiger partial charge < -0.3 is 10.6 Å². The van der Waals surface area contributed by atoms with Crippen LogP contribution in [0.4, 0.5) is 5.69 Å². The Bertz CT molecular complexity index is 974. The number of carbonyl (C=O) groups is 1. The van der Waals surface area contributed by atoms with Crippen LogP contribution in [0.1, 0.15) is 50.9 Å². The third-order valence-electron chi connectivity index (χ3n) is 4.63. The first-order chi connectivity index (χ1) is 14.0. The van der Waals surface area contributed by atoms with Gasteiger partial charge in [-0.1, -0.05) is 51.4 Å². The minimum absolute atomic E-state index is 0.00888. The maximum absolute atomic E-state index is 12.2. The van der Waals surface area contributed by atoms with Crippen LogP contribution in [0, 0.1) is 5.92 Å². The molecule has 1 aliphatic carbocycles. The van der Waals surface area contributed by atoms with Gasteiger partial charge in [0, 0.05) is 29.9 Å². The molecule has 0 saturated heterocycles. The third-order valence-corrected chi connectivity index (χ3v) is 4.84. The number of benzene rings is 1. The van der Waals surface area contributed by atoms with Crippen LogP contribution in [0.15, 0.2) is 42.7 Å². The van der Waals surface area contributed by atoms with Crippen molar-refractivity contribution in [3.05, 3.63) is 53.3 Å². The second-order valence-corrected chi connectivity index (χ2v) is 7.95. The monoisotopic (exact) mass is 412 g/mol. The summed E-state index contributed by atoms with van der Waals surface area (Å²) in [7, 11) is 0. The van der Waals surface area contributed by atoms with Crippen molar-refractivity contribution in [1.29, 1.82) is 0 Å². The SMILES string of the molecule is CC.CC(C)CNc1cc(Cl)cn2c(-c3ccc(C(=O)NC4CC4)cc3)cnc12. The average molecular weight is 413 g/mol. The molecule has 1 fully saturated rings. The van der Waals surface area contributed by atoms with Crippen LogP contribution in [-0.2, 0) is 0 Å². The number of aromatic nitrogens is 2. The number of amides is 1. The van der Waals surface area contributed by atoms with Crippen molar-refractivity contribution < 1.29 is 4.79 Å². The molecule has 29 heavy (non-hydrogen) atoms. The minimum Gasteiger partial charge on any atom is -0.382 e. The smallest absolute Gasteiger partial charge is 0.251 e. The number of hydrogen-bond acceptors (Lipinski definition) is 3. The van der Waals surface area contributed by atoms with Crippen LogP contribution in [0.5, 0.6) is 0 Å². The van der Waals surface area contributed by atoms with Gasteiger partial charge in [-0.25, -0.2) is 4.98 Å². The lowest BCUT2D eigenvalue weighted by molar-refractivity contribution is 0.0951. The zero-order valence-electron chi connectivity index (χ0n) is 17.5. The van der Waals surface area contributed by atoms with Gasteiger partial charge in [-0.3, -0.25) is 9.20 Å². The Morgan fingerprint density at radius 2 is 1.93 bits per heavy atom. The predicted molar refractivity (Wildman–Crippen MR) is 121 cm³/mol. The Balaban J connectivity index is 0.00000117. The van der Waals surface area contributed by atoms with Crippen LogP contribution in [0.2, 0.25) is 5.02 Å². The fourth-order valence-electron chi connectivity index (χ4n) is 3.00. The van der Waals surface area contributed by atoms with Gasteiger partial charge in [-0.15, -0.1) is 0 Å². The zero-order chi connectivity index (χ0) is 21.0. The molecule has 2 aromatic heterocycles. The molecular weight excluding hydrogens is 384 g/mol. The Hall–Kier alpha value is -2.53. The molecule has 154 valence electrons. The van der Waals surface area contributed by atoms with E-state index in [-0.39, 0.29) is 5.91 Å². The van der Waals surface area contributed by atoms with E-state index in [1.165, 1.54) is 0 Å². The van der Waals surface area contributed by atoms with Gasteiger partial charge in [-0.05, 0) is 37.0 Å². The Morgan fingerprint density at radius 1 is 1.24 bits per heavy atom. The van der Waals surface area contributed by atoms with E-state index < -0.39 is 0 Å². The van der Waals surface area contributed by atoms with E-state index in [4.69, 9.17) is 11.6 Å². The van der Waals surface area contributed by atoms with Gasteiger partial charge in [0.05, 0.1) is 22.6 Å². The van der Waals surface area contributed by atoms with Crippen molar-refractivity contribution in [2.24, 2.45) is 5.92 Å². The third kappa shape index (κ3) is 5.10. The van der Waals surface area contributed by atoms with Crippen molar-refractivity contribution in [2.45, 2.75) is 46.6 Å². The van der Waals surface area contributed by atoms with Gasteiger partial charge >= 0.3 is 0 Å². The molecule has 3 aromatic rings. The summed E-state index contributed by atoms with van der Waals surface area (Å²) in [4.78, 5) is 16.7. The van der Waals surface area contributed by atoms with E-state index in [1.54, 1.807) is 0 Å². The van der Waals surface area contributed by atoms with E-state index >= 15 is 0 Å². The summed E-state index contributed by atoms with van der Waals surface area (Å²) in [6.07, 6.45) is 5.87. The van der Waals surface area contributed by atoms with Crippen molar-refractivity contribution >= 4 is 28.8 Å².